The van der Waals surface area contributed by atoms with Gasteiger partial charge in [0.1, 0.15) is 0 Å². The topological polar surface area (TPSA) is 58.0 Å². The van der Waals surface area contributed by atoms with Crippen molar-refractivity contribution in [3.8, 4) is 0 Å². The number of likely N-dealkylation sites (N-methyl/N-ethyl adjacent to an activating group) is 1. The molecule has 6 nitrogen and oxygen atoms in total. The van der Waals surface area contributed by atoms with Crippen LogP contribution in [0.2, 0.25) is 0 Å². The fourth-order valence-electron chi connectivity index (χ4n) is 2.94. The fraction of sp³-hybridized carbons (Fsp3) is 0.529. The molecule has 0 spiro atoms. The number of nitrogens with zero attached hydrogens (tertiary/aromatic N) is 6. The van der Waals surface area contributed by atoms with Gasteiger partial charge in [0.2, 0.25) is 5.95 Å². The van der Waals surface area contributed by atoms with Gasteiger partial charge in [0.05, 0.1) is 6.20 Å². The summed E-state index contributed by atoms with van der Waals surface area (Å²) < 4.78 is 0. The molecule has 122 valence electrons. The first-order valence-corrected chi connectivity index (χ1v) is 8.27. The van der Waals surface area contributed by atoms with Crippen molar-refractivity contribution in [2.24, 2.45) is 5.92 Å². The summed E-state index contributed by atoms with van der Waals surface area (Å²) in [5.74, 6) is 2.33. The SMILES string of the molecule is CC1CCCN(c2nncc(N(C)CCc3ccncc3)n2)C1. The monoisotopic (exact) mass is 312 g/mol. The summed E-state index contributed by atoms with van der Waals surface area (Å²) in [5.41, 5.74) is 1.28. The number of aromatic nitrogens is 4. The minimum absolute atomic E-state index is 0.695. The van der Waals surface area contributed by atoms with E-state index in [9.17, 15) is 0 Å². The number of piperidine rings is 1. The molecule has 1 saturated heterocycles. The zero-order valence-electron chi connectivity index (χ0n) is 13.9. The second-order valence-electron chi connectivity index (χ2n) is 6.34. The molecule has 1 aliphatic rings. The van der Waals surface area contributed by atoms with Gasteiger partial charge in [-0.2, -0.15) is 10.1 Å². The Morgan fingerprint density at radius 3 is 2.91 bits per heavy atom. The largest absolute Gasteiger partial charge is 0.358 e. The van der Waals surface area contributed by atoms with Crippen molar-refractivity contribution in [1.82, 2.24) is 20.2 Å². The molecule has 0 aliphatic carbocycles. The lowest BCUT2D eigenvalue weighted by Gasteiger charge is -2.31. The molecule has 23 heavy (non-hydrogen) atoms. The quantitative estimate of drug-likeness (QED) is 0.843. The van der Waals surface area contributed by atoms with E-state index in [1.54, 1.807) is 6.20 Å². The average Bonchev–Trinajstić information content (AvgIpc) is 2.61. The van der Waals surface area contributed by atoms with E-state index in [0.29, 0.717) is 5.92 Å². The summed E-state index contributed by atoms with van der Waals surface area (Å²) in [4.78, 5) is 13.1. The normalized spacial score (nSPS) is 18.0. The number of hydrogen-bond donors (Lipinski definition) is 0. The van der Waals surface area contributed by atoms with Crippen LogP contribution in [-0.4, -0.2) is 46.8 Å². The second kappa shape index (κ2) is 7.35. The maximum Gasteiger partial charge on any atom is 0.247 e. The molecule has 0 bridgehead atoms. The second-order valence-corrected chi connectivity index (χ2v) is 6.34. The summed E-state index contributed by atoms with van der Waals surface area (Å²) in [6.07, 6.45) is 8.85. The maximum atomic E-state index is 4.71. The molecular weight excluding hydrogens is 288 g/mol. The van der Waals surface area contributed by atoms with Crippen LogP contribution in [0.3, 0.4) is 0 Å². The highest BCUT2D eigenvalue weighted by Gasteiger charge is 2.19. The summed E-state index contributed by atoms with van der Waals surface area (Å²) in [6, 6.07) is 4.10. The van der Waals surface area contributed by atoms with Crippen LogP contribution in [0.15, 0.2) is 30.7 Å². The first kappa shape index (κ1) is 15.6. The van der Waals surface area contributed by atoms with E-state index in [2.05, 4.69) is 31.9 Å². The van der Waals surface area contributed by atoms with Crippen LogP contribution in [0.1, 0.15) is 25.3 Å². The van der Waals surface area contributed by atoms with Gasteiger partial charge in [-0.25, -0.2) is 0 Å². The number of rotatable bonds is 5. The van der Waals surface area contributed by atoms with E-state index in [1.807, 2.05) is 31.6 Å². The highest BCUT2D eigenvalue weighted by Crippen LogP contribution is 2.20. The molecule has 0 amide bonds. The Morgan fingerprint density at radius 1 is 1.30 bits per heavy atom. The van der Waals surface area contributed by atoms with E-state index in [0.717, 1.165) is 37.8 Å². The Labute approximate surface area is 137 Å². The van der Waals surface area contributed by atoms with Crippen LogP contribution in [0.4, 0.5) is 11.8 Å². The summed E-state index contributed by atoms with van der Waals surface area (Å²) in [5, 5.41) is 8.38. The smallest absolute Gasteiger partial charge is 0.247 e. The molecule has 1 atom stereocenters. The minimum atomic E-state index is 0.695. The van der Waals surface area contributed by atoms with Crippen molar-refractivity contribution in [1.29, 1.82) is 0 Å². The van der Waals surface area contributed by atoms with Crippen LogP contribution >= 0.6 is 0 Å². The molecule has 6 heteroatoms. The van der Waals surface area contributed by atoms with Crippen molar-refractivity contribution in [2.45, 2.75) is 26.2 Å². The van der Waals surface area contributed by atoms with Crippen LogP contribution in [-0.2, 0) is 6.42 Å². The number of hydrogen-bond acceptors (Lipinski definition) is 6. The molecule has 2 aromatic heterocycles. The van der Waals surface area contributed by atoms with Crippen LogP contribution in [0.5, 0.6) is 0 Å². The predicted molar refractivity (Wildman–Crippen MR) is 91.6 cm³/mol. The van der Waals surface area contributed by atoms with E-state index in [-0.39, 0.29) is 0 Å². The van der Waals surface area contributed by atoms with E-state index < -0.39 is 0 Å². The van der Waals surface area contributed by atoms with Gasteiger partial charge in [0.25, 0.3) is 0 Å². The van der Waals surface area contributed by atoms with Gasteiger partial charge < -0.3 is 9.80 Å². The molecule has 0 N–H and O–H groups in total. The zero-order valence-corrected chi connectivity index (χ0v) is 13.9. The number of pyridine rings is 1. The highest BCUT2D eigenvalue weighted by atomic mass is 15.3. The molecule has 1 unspecified atom stereocenters. The van der Waals surface area contributed by atoms with E-state index in [4.69, 9.17) is 4.98 Å². The van der Waals surface area contributed by atoms with Gasteiger partial charge in [0.15, 0.2) is 5.82 Å². The average molecular weight is 312 g/mol. The Kier molecular flexibility index (Phi) is 5.00. The van der Waals surface area contributed by atoms with Crippen LogP contribution in [0.25, 0.3) is 0 Å². The van der Waals surface area contributed by atoms with Crippen LogP contribution in [0, 0.1) is 5.92 Å². The maximum absolute atomic E-state index is 4.71. The lowest BCUT2D eigenvalue weighted by Crippen LogP contribution is -2.36. The third-order valence-electron chi connectivity index (χ3n) is 4.35. The van der Waals surface area contributed by atoms with Crippen molar-refractivity contribution in [3.63, 3.8) is 0 Å². The molecule has 0 aromatic carbocycles. The minimum Gasteiger partial charge on any atom is -0.358 e. The Hall–Kier alpha value is -2.24. The van der Waals surface area contributed by atoms with Crippen molar-refractivity contribution in [2.75, 3.05) is 36.5 Å². The first-order valence-electron chi connectivity index (χ1n) is 8.27. The Bertz CT molecular complexity index is 617. The fourth-order valence-corrected chi connectivity index (χ4v) is 2.94. The lowest BCUT2D eigenvalue weighted by atomic mass is 10.0. The predicted octanol–water partition coefficient (Wildman–Crippen LogP) is 2.18. The number of anilines is 2. The standard InChI is InChI=1S/C17H24N6/c1-14-4-3-10-23(13-14)17-20-16(12-19-21-17)22(2)11-7-15-5-8-18-9-6-15/h5-6,8-9,12,14H,3-4,7,10-11,13H2,1-2H3. The van der Waals surface area contributed by atoms with E-state index in [1.165, 1.54) is 18.4 Å². The van der Waals surface area contributed by atoms with Gasteiger partial charge >= 0.3 is 0 Å². The molecule has 1 fully saturated rings. The van der Waals surface area contributed by atoms with Crippen molar-refractivity contribution < 1.29 is 0 Å². The van der Waals surface area contributed by atoms with Crippen molar-refractivity contribution in [3.05, 3.63) is 36.3 Å². The summed E-state index contributed by atoms with van der Waals surface area (Å²) in [6.45, 7) is 5.21. The lowest BCUT2D eigenvalue weighted by molar-refractivity contribution is 0.441. The molecule has 0 saturated carbocycles. The van der Waals surface area contributed by atoms with Gasteiger partial charge in [-0.3, -0.25) is 4.98 Å². The summed E-state index contributed by atoms with van der Waals surface area (Å²) in [7, 11) is 2.05. The Morgan fingerprint density at radius 2 is 2.13 bits per heavy atom. The third kappa shape index (κ3) is 4.15. The Balaban J connectivity index is 1.64. The van der Waals surface area contributed by atoms with Gasteiger partial charge in [0, 0.05) is 39.1 Å². The molecular formula is C17H24N6. The van der Waals surface area contributed by atoms with E-state index >= 15 is 0 Å². The summed E-state index contributed by atoms with van der Waals surface area (Å²) >= 11 is 0. The molecule has 0 radical (unpaired) electrons. The molecule has 3 heterocycles. The first-order chi connectivity index (χ1) is 11.2. The molecule has 3 rings (SSSR count). The van der Waals surface area contributed by atoms with Gasteiger partial charge in [-0.15, -0.1) is 5.10 Å². The zero-order chi connectivity index (χ0) is 16.1. The molecule has 1 aliphatic heterocycles. The van der Waals surface area contributed by atoms with Crippen LogP contribution < -0.4 is 9.80 Å². The van der Waals surface area contributed by atoms with Gasteiger partial charge in [-0.05, 0) is 42.9 Å². The molecule has 2 aromatic rings. The van der Waals surface area contributed by atoms with Crippen molar-refractivity contribution >= 4 is 11.8 Å². The third-order valence-corrected chi connectivity index (χ3v) is 4.35. The van der Waals surface area contributed by atoms with Gasteiger partial charge in [-0.1, -0.05) is 6.92 Å². The highest BCUT2D eigenvalue weighted by molar-refractivity contribution is 5.41.